The van der Waals surface area contributed by atoms with Crippen LogP contribution in [-0.4, -0.2) is 42.1 Å². The van der Waals surface area contributed by atoms with E-state index in [-0.39, 0.29) is 0 Å². The predicted molar refractivity (Wildman–Crippen MR) is 93.0 cm³/mol. The van der Waals surface area contributed by atoms with E-state index in [2.05, 4.69) is 65.6 Å². The lowest BCUT2D eigenvalue weighted by Gasteiger charge is -2.13. The van der Waals surface area contributed by atoms with E-state index in [4.69, 9.17) is 0 Å². The van der Waals surface area contributed by atoms with Gasteiger partial charge in [0.2, 0.25) is 5.95 Å². The number of aryl methyl sites for hydroxylation is 3. The maximum absolute atomic E-state index is 4.53. The Balaban J connectivity index is 2.10. The van der Waals surface area contributed by atoms with Gasteiger partial charge in [-0.3, -0.25) is 0 Å². The molecule has 0 amide bonds. The van der Waals surface area contributed by atoms with Gasteiger partial charge < -0.3 is 15.5 Å². The molecule has 5 heteroatoms. The molecule has 2 aromatic rings. The molecule has 0 unspecified atom stereocenters. The van der Waals surface area contributed by atoms with Crippen molar-refractivity contribution in [2.24, 2.45) is 0 Å². The zero-order chi connectivity index (χ0) is 16.1. The first-order chi connectivity index (χ1) is 10.4. The molecule has 0 aliphatic carbocycles. The SMILES string of the molecule is Cc1cc(NCCN(C)C)nc(Nc2ccc(C)c(C)c2)n1. The fourth-order valence-corrected chi connectivity index (χ4v) is 2.07. The van der Waals surface area contributed by atoms with Crippen molar-refractivity contribution in [3.8, 4) is 0 Å². The molecule has 2 N–H and O–H groups in total. The third kappa shape index (κ3) is 4.70. The van der Waals surface area contributed by atoms with Crippen molar-refractivity contribution < 1.29 is 0 Å². The van der Waals surface area contributed by atoms with Crippen molar-refractivity contribution in [1.29, 1.82) is 0 Å². The normalized spacial score (nSPS) is 10.8. The molecule has 2 rings (SSSR count). The number of rotatable bonds is 6. The van der Waals surface area contributed by atoms with Crippen LogP contribution in [0.2, 0.25) is 0 Å². The van der Waals surface area contributed by atoms with Gasteiger partial charge in [0.05, 0.1) is 0 Å². The third-order valence-corrected chi connectivity index (χ3v) is 3.48. The van der Waals surface area contributed by atoms with Gasteiger partial charge in [-0.2, -0.15) is 4.98 Å². The topological polar surface area (TPSA) is 53.1 Å². The highest BCUT2D eigenvalue weighted by atomic mass is 15.2. The largest absolute Gasteiger partial charge is 0.369 e. The summed E-state index contributed by atoms with van der Waals surface area (Å²) < 4.78 is 0. The Kier molecular flexibility index (Phi) is 5.33. The van der Waals surface area contributed by atoms with Gasteiger partial charge in [-0.15, -0.1) is 0 Å². The summed E-state index contributed by atoms with van der Waals surface area (Å²) in [4.78, 5) is 11.1. The molecule has 0 atom stereocenters. The molecular weight excluding hydrogens is 274 g/mol. The molecule has 0 radical (unpaired) electrons. The fourth-order valence-electron chi connectivity index (χ4n) is 2.07. The minimum atomic E-state index is 0.621. The Morgan fingerprint density at radius 3 is 2.45 bits per heavy atom. The van der Waals surface area contributed by atoms with E-state index in [1.54, 1.807) is 0 Å². The molecule has 0 bridgehead atoms. The van der Waals surface area contributed by atoms with E-state index in [1.807, 2.05) is 19.1 Å². The zero-order valence-corrected chi connectivity index (χ0v) is 14.1. The standard InChI is InChI=1S/C17H25N5/c1-12-6-7-15(10-13(12)2)20-17-19-14(3)11-16(21-17)18-8-9-22(4)5/h6-7,10-11H,8-9H2,1-5H3,(H2,18,19,20,21). The lowest BCUT2D eigenvalue weighted by Crippen LogP contribution is -2.21. The molecule has 0 fully saturated rings. The van der Waals surface area contributed by atoms with Gasteiger partial charge in [0.15, 0.2) is 0 Å². The van der Waals surface area contributed by atoms with E-state index in [0.29, 0.717) is 5.95 Å². The first-order valence-electron chi connectivity index (χ1n) is 7.52. The molecular formula is C17H25N5. The summed E-state index contributed by atoms with van der Waals surface area (Å²) in [5.74, 6) is 1.47. The number of aromatic nitrogens is 2. The third-order valence-electron chi connectivity index (χ3n) is 3.48. The number of hydrogen-bond acceptors (Lipinski definition) is 5. The van der Waals surface area contributed by atoms with Crippen molar-refractivity contribution in [3.05, 3.63) is 41.1 Å². The predicted octanol–water partition coefficient (Wildman–Crippen LogP) is 3.12. The second kappa shape index (κ2) is 7.22. The second-order valence-corrected chi connectivity index (χ2v) is 5.87. The summed E-state index contributed by atoms with van der Waals surface area (Å²) in [5.41, 5.74) is 4.48. The van der Waals surface area contributed by atoms with Crippen molar-refractivity contribution in [3.63, 3.8) is 0 Å². The van der Waals surface area contributed by atoms with Crippen LogP contribution in [0.3, 0.4) is 0 Å². The monoisotopic (exact) mass is 299 g/mol. The quantitative estimate of drug-likeness (QED) is 0.858. The molecule has 1 aromatic carbocycles. The van der Waals surface area contributed by atoms with Crippen LogP contribution in [0.5, 0.6) is 0 Å². The summed E-state index contributed by atoms with van der Waals surface area (Å²) in [7, 11) is 4.11. The Morgan fingerprint density at radius 1 is 1.00 bits per heavy atom. The Bertz CT molecular complexity index is 637. The van der Waals surface area contributed by atoms with Gasteiger partial charge in [0, 0.05) is 30.5 Å². The van der Waals surface area contributed by atoms with Crippen LogP contribution in [0, 0.1) is 20.8 Å². The molecule has 0 saturated carbocycles. The molecule has 1 heterocycles. The van der Waals surface area contributed by atoms with Crippen molar-refractivity contribution in [2.45, 2.75) is 20.8 Å². The van der Waals surface area contributed by atoms with Crippen LogP contribution < -0.4 is 10.6 Å². The van der Waals surface area contributed by atoms with Crippen LogP contribution in [0.15, 0.2) is 24.3 Å². The molecule has 22 heavy (non-hydrogen) atoms. The maximum atomic E-state index is 4.53. The maximum Gasteiger partial charge on any atom is 0.229 e. The lowest BCUT2D eigenvalue weighted by atomic mass is 10.1. The summed E-state index contributed by atoms with van der Waals surface area (Å²) in [5, 5.41) is 6.61. The molecule has 5 nitrogen and oxygen atoms in total. The Hall–Kier alpha value is -2.14. The van der Waals surface area contributed by atoms with E-state index < -0.39 is 0 Å². The first kappa shape index (κ1) is 16.2. The molecule has 118 valence electrons. The summed E-state index contributed by atoms with van der Waals surface area (Å²) in [6, 6.07) is 8.22. The number of nitrogens with zero attached hydrogens (tertiary/aromatic N) is 3. The Labute approximate surface area is 132 Å². The first-order valence-corrected chi connectivity index (χ1v) is 7.52. The van der Waals surface area contributed by atoms with Crippen molar-refractivity contribution >= 4 is 17.5 Å². The average molecular weight is 299 g/mol. The number of likely N-dealkylation sites (N-methyl/N-ethyl adjacent to an activating group) is 1. The van der Waals surface area contributed by atoms with Gasteiger partial charge >= 0.3 is 0 Å². The molecule has 0 aliphatic heterocycles. The lowest BCUT2D eigenvalue weighted by molar-refractivity contribution is 0.425. The fraction of sp³-hybridized carbons (Fsp3) is 0.412. The van der Waals surface area contributed by atoms with Crippen LogP contribution in [-0.2, 0) is 0 Å². The second-order valence-electron chi connectivity index (χ2n) is 5.87. The van der Waals surface area contributed by atoms with E-state index >= 15 is 0 Å². The number of hydrogen-bond donors (Lipinski definition) is 2. The number of nitrogens with one attached hydrogen (secondary N) is 2. The minimum Gasteiger partial charge on any atom is -0.369 e. The van der Waals surface area contributed by atoms with Gasteiger partial charge in [0.1, 0.15) is 5.82 Å². The minimum absolute atomic E-state index is 0.621. The molecule has 0 aliphatic rings. The van der Waals surface area contributed by atoms with Crippen LogP contribution >= 0.6 is 0 Å². The highest BCUT2D eigenvalue weighted by Crippen LogP contribution is 2.18. The molecule has 0 spiro atoms. The van der Waals surface area contributed by atoms with E-state index in [0.717, 1.165) is 30.3 Å². The summed E-state index contributed by atoms with van der Waals surface area (Å²) in [6.45, 7) is 8.00. The molecule has 1 aromatic heterocycles. The molecule has 0 saturated heterocycles. The highest BCUT2D eigenvalue weighted by Gasteiger charge is 2.04. The summed E-state index contributed by atoms with van der Waals surface area (Å²) >= 11 is 0. The van der Waals surface area contributed by atoms with E-state index in [9.17, 15) is 0 Å². The van der Waals surface area contributed by atoms with Gasteiger partial charge in [0.25, 0.3) is 0 Å². The van der Waals surface area contributed by atoms with Crippen LogP contribution in [0.25, 0.3) is 0 Å². The van der Waals surface area contributed by atoms with Gasteiger partial charge in [-0.25, -0.2) is 4.98 Å². The van der Waals surface area contributed by atoms with Crippen molar-refractivity contribution in [1.82, 2.24) is 14.9 Å². The number of benzene rings is 1. The van der Waals surface area contributed by atoms with Crippen molar-refractivity contribution in [2.75, 3.05) is 37.8 Å². The average Bonchev–Trinajstić information content (AvgIpc) is 2.42. The Morgan fingerprint density at radius 2 is 1.77 bits per heavy atom. The highest BCUT2D eigenvalue weighted by molar-refractivity contribution is 5.57. The van der Waals surface area contributed by atoms with Crippen LogP contribution in [0.4, 0.5) is 17.5 Å². The smallest absolute Gasteiger partial charge is 0.229 e. The number of anilines is 3. The van der Waals surface area contributed by atoms with Crippen LogP contribution in [0.1, 0.15) is 16.8 Å². The van der Waals surface area contributed by atoms with Gasteiger partial charge in [-0.05, 0) is 58.1 Å². The zero-order valence-electron chi connectivity index (χ0n) is 14.1. The van der Waals surface area contributed by atoms with E-state index in [1.165, 1.54) is 11.1 Å². The summed E-state index contributed by atoms with van der Waals surface area (Å²) in [6.07, 6.45) is 0. The van der Waals surface area contributed by atoms with Gasteiger partial charge in [-0.1, -0.05) is 6.07 Å².